The van der Waals surface area contributed by atoms with Crippen molar-refractivity contribution >= 4 is 22.6 Å². The standard InChI is InChI=1S/C18H24ClFN4OS/c1-12-17(9-15(20)7-8-21)13(2)24(22-12)11-14-5-6-16(10-18(14)19)26(25)23(3)4/h5-7,10H,8-9,11,21H2,1-4H3/b15-7-. The first-order valence-electron chi connectivity index (χ1n) is 8.19. The Morgan fingerprint density at radius 2 is 2.12 bits per heavy atom. The van der Waals surface area contributed by atoms with Crippen molar-refractivity contribution in [1.29, 1.82) is 0 Å². The summed E-state index contributed by atoms with van der Waals surface area (Å²) in [5.74, 6) is -0.258. The molecule has 142 valence electrons. The van der Waals surface area contributed by atoms with Crippen LogP contribution < -0.4 is 5.73 Å². The average molecular weight is 399 g/mol. The van der Waals surface area contributed by atoms with Crippen LogP contribution in [-0.2, 0) is 24.0 Å². The van der Waals surface area contributed by atoms with Crippen LogP contribution in [-0.4, -0.2) is 38.9 Å². The zero-order valence-corrected chi connectivity index (χ0v) is 17.0. The van der Waals surface area contributed by atoms with E-state index in [0.29, 0.717) is 16.5 Å². The van der Waals surface area contributed by atoms with Gasteiger partial charge in [0.15, 0.2) is 0 Å². The van der Waals surface area contributed by atoms with Crippen LogP contribution in [0, 0.1) is 13.8 Å². The fourth-order valence-corrected chi connectivity index (χ4v) is 3.78. The summed E-state index contributed by atoms with van der Waals surface area (Å²) in [6.45, 7) is 4.41. The summed E-state index contributed by atoms with van der Waals surface area (Å²) >= 11 is 6.38. The van der Waals surface area contributed by atoms with E-state index in [-0.39, 0.29) is 18.8 Å². The largest absolute Gasteiger partial charge is 0.327 e. The lowest BCUT2D eigenvalue weighted by atomic mass is 10.1. The minimum Gasteiger partial charge on any atom is -0.327 e. The molecule has 0 aliphatic heterocycles. The number of rotatable bonds is 7. The highest BCUT2D eigenvalue weighted by Gasteiger charge is 2.15. The Kier molecular flexibility index (Phi) is 7.11. The van der Waals surface area contributed by atoms with Gasteiger partial charge in [-0.1, -0.05) is 17.7 Å². The topological polar surface area (TPSA) is 64.2 Å². The maximum atomic E-state index is 13.8. The van der Waals surface area contributed by atoms with Gasteiger partial charge in [-0.3, -0.25) is 4.68 Å². The van der Waals surface area contributed by atoms with E-state index in [2.05, 4.69) is 5.10 Å². The third kappa shape index (κ3) is 4.79. The molecule has 1 heterocycles. The number of aromatic nitrogens is 2. The van der Waals surface area contributed by atoms with E-state index in [1.165, 1.54) is 6.08 Å². The van der Waals surface area contributed by atoms with E-state index >= 15 is 0 Å². The van der Waals surface area contributed by atoms with Gasteiger partial charge in [0, 0.05) is 29.2 Å². The minimum atomic E-state index is -1.24. The third-order valence-electron chi connectivity index (χ3n) is 4.09. The van der Waals surface area contributed by atoms with Crippen molar-refractivity contribution in [3.63, 3.8) is 0 Å². The molecule has 0 saturated carbocycles. The number of nitrogens with two attached hydrogens (primary N) is 1. The Labute approximate surface area is 161 Å². The Bertz CT molecular complexity index is 848. The van der Waals surface area contributed by atoms with E-state index in [4.69, 9.17) is 17.3 Å². The van der Waals surface area contributed by atoms with Crippen LogP contribution in [0.2, 0.25) is 5.02 Å². The Hall–Kier alpha value is -1.54. The zero-order valence-electron chi connectivity index (χ0n) is 15.4. The maximum Gasteiger partial charge on any atom is 0.127 e. The fourth-order valence-electron chi connectivity index (χ4n) is 2.65. The highest BCUT2D eigenvalue weighted by Crippen LogP contribution is 2.24. The molecule has 1 atom stereocenters. The highest BCUT2D eigenvalue weighted by atomic mass is 35.5. The lowest BCUT2D eigenvalue weighted by Gasteiger charge is -2.12. The Morgan fingerprint density at radius 1 is 1.42 bits per heavy atom. The summed E-state index contributed by atoms with van der Waals surface area (Å²) in [7, 11) is 2.24. The Morgan fingerprint density at radius 3 is 2.69 bits per heavy atom. The molecule has 0 radical (unpaired) electrons. The minimum absolute atomic E-state index is 0.175. The number of hydrogen-bond acceptors (Lipinski definition) is 3. The first-order chi connectivity index (χ1) is 12.2. The number of nitrogens with zero attached hydrogens (tertiary/aromatic N) is 3. The molecule has 5 nitrogen and oxygen atoms in total. The summed E-state index contributed by atoms with van der Waals surface area (Å²) in [6.07, 6.45) is 1.56. The summed E-state index contributed by atoms with van der Waals surface area (Å²) in [5, 5.41) is 5.04. The molecule has 2 N–H and O–H groups in total. The molecule has 8 heteroatoms. The van der Waals surface area contributed by atoms with Crippen LogP contribution in [0.25, 0.3) is 0 Å². The van der Waals surface area contributed by atoms with Gasteiger partial charge in [-0.25, -0.2) is 12.9 Å². The second-order valence-corrected chi connectivity index (χ2v) is 8.29. The van der Waals surface area contributed by atoms with Gasteiger partial charge in [-0.15, -0.1) is 0 Å². The number of allylic oxidation sites excluding steroid dienone is 1. The van der Waals surface area contributed by atoms with Crippen LogP contribution >= 0.6 is 11.6 Å². The molecule has 2 aromatic rings. The zero-order chi connectivity index (χ0) is 19.4. The summed E-state index contributed by atoms with van der Waals surface area (Å²) in [4.78, 5) is 0.645. The number of hydrogen-bond donors (Lipinski definition) is 1. The van der Waals surface area contributed by atoms with E-state index in [9.17, 15) is 8.60 Å². The van der Waals surface area contributed by atoms with Crippen LogP contribution in [0.5, 0.6) is 0 Å². The molecule has 1 unspecified atom stereocenters. The van der Waals surface area contributed by atoms with Crippen molar-refractivity contribution in [2.24, 2.45) is 5.73 Å². The predicted molar refractivity (Wildman–Crippen MR) is 104 cm³/mol. The second kappa shape index (κ2) is 8.90. The fraction of sp³-hybridized carbons (Fsp3) is 0.389. The van der Waals surface area contributed by atoms with Gasteiger partial charge >= 0.3 is 0 Å². The number of aryl methyl sites for hydroxylation is 1. The van der Waals surface area contributed by atoms with E-state index in [1.807, 2.05) is 24.6 Å². The first kappa shape index (κ1) is 20.8. The van der Waals surface area contributed by atoms with Gasteiger partial charge in [0.1, 0.15) is 16.8 Å². The normalized spacial score (nSPS) is 13.5. The second-order valence-electron chi connectivity index (χ2n) is 6.19. The Balaban J connectivity index is 2.27. The van der Waals surface area contributed by atoms with Crippen molar-refractivity contribution in [2.45, 2.75) is 31.7 Å². The van der Waals surface area contributed by atoms with Crippen LogP contribution in [0.4, 0.5) is 4.39 Å². The molecule has 0 aliphatic carbocycles. The monoisotopic (exact) mass is 398 g/mol. The summed E-state index contributed by atoms with van der Waals surface area (Å²) in [5.41, 5.74) is 8.75. The van der Waals surface area contributed by atoms with Gasteiger partial charge < -0.3 is 5.73 Å². The van der Waals surface area contributed by atoms with Gasteiger partial charge in [0.25, 0.3) is 0 Å². The first-order valence-corrected chi connectivity index (χ1v) is 9.68. The molecule has 0 amide bonds. The highest BCUT2D eigenvalue weighted by molar-refractivity contribution is 7.82. The smallest absolute Gasteiger partial charge is 0.127 e. The molecule has 2 rings (SSSR count). The van der Waals surface area contributed by atoms with Crippen LogP contribution in [0.1, 0.15) is 22.5 Å². The van der Waals surface area contributed by atoms with Gasteiger partial charge in [-0.05, 0) is 51.7 Å². The quantitative estimate of drug-likeness (QED) is 0.779. The van der Waals surface area contributed by atoms with E-state index in [1.54, 1.807) is 30.5 Å². The SMILES string of the molecule is Cc1nn(Cc2ccc(S(=O)N(C)C)cc2Cl)c(C)c1C/C(F)=C/CN. The molecule has 1 aromatic carbocycles. The molecule has 1 aromatic heterocycles. The van der Waals surface area contributed by atoms with Crippen LogP contribution in [0.15, 0.2) is 35.0 Å². The molecular formula is C18H24ClFN4OS. The molecular weight excluding hydrogens is 375 g/mol. The third-order valence-corrected chi connectivity index (χ3v) is 5.77. The van der Waals surface area contributed by atoms with Crippen molar-refractivity contribution in [3.05, 3.63) is 57.6 Å². The molecule has 26 heavy (non-hydrogen) atoms. The average Bonchev–Trinajstić information content (AvgIpc) is 2.83. The van der Waals surface area contributed by atoms with Crippen molar-refractivity contribution in [2.75, 3.05) is 20.6 Å². The lowest BCUT2D eigenvalue weighted by Crippen LogP contribution is -2.15. The number of halogens is 2. The van der Waals surface area contributed by atoms with Crippen molar-refractivity contribution in [3.8, 4) is 0 Å². The van der Waals surface area contributed by atoms with Crippen LogP contribution in [0.3, 0.4) is 0 Å². The van der Waals surface area contributed by atoms with Crippen molar-refractivity contribution in [1.82, 2.24) is 14.1 Å². The molecule has 0 aliphatic rings. The van der Waals surface area contributed by atoms with Crippen molar-refractivity contribution < 1.29 is 8.60 Å². The molecule has 0 saturated heterocycles. The number of benzene rings is 1. The molecule has 0 spiro atoms. The van der Waals surface area contributed by atoms with Gasteiger partial charge in [0.2, 0.25) is 0 Å². The summed E-state index contributed by atoms with van der Waals surface area (Å²) in [6, 6.07) is 5.36. The van der Waals surface area contributed by atoms with Gasteiger partial charge in [-0.2, -0.15) is 5.10 Å². The molecule has 0 bridgehead atoms. The van der Waals surface area contributed by atoms with E-state index < -0.39 is 11.0 Å². The molecule has 0 fully saturated rings. The lowest BCUT2D eigenvalue weighted by molar-refractivity contribution is 0.602. The summed E-state index contributed by atoms with van der Waals surface area (Å²) < 4.78 is 29.4. The van der Waals surface area contributed by atoms with E-state index in [0.717, 1.165) is 22.5 Å². The predicted octanol–water partition coefficient (Wildman–Crippen LogP) is 3.14. The maximum absolute atomic E-state index is 13.8. The van der Waals surface area contributed by atoms with Gasteiger partial charge in [0.05, 0.1) is 17.1 Å².